The third-order valence-corrected chi connectivity index (χ3v) is 9.84. The Balaban J connectivity index is 1.71. The van der Waals surface area contributed by atoms with E-state index in [9.17, 15) is 0 Å². The molecule has 3 heterocycles. The van der Waals surface area contributed by atoms with Gasteiger partial charge in [-0.15, -0.1) is 34.0 Å². The van der Waals surface area contributed by atoms with Crippen molar-refractivity contribution in [1.82, 2.24) is 4.98 Å². The molecule has 0 saturated heterocycles. The van der Waals surface area contributed by atoms with E-state index >= 15 is 0 Å². The number of thiazole rings is 1. The number of rotatable bonds is 5. The quantitative estimate of drug-likeness (QED) is 0.239. The second-order valence-electron chi connectivity index (χ2n) is 8.06. The minimum Gasteiger partial charge on any atom is -0.235 e. The Morgan fingerprint density at radius 2 is 1.15 bits per heavy atom. The highest BCUT2D eigenvalue weighted by Crippen LogP contribution is 2.50. The lowest BCUT2D eigenvalue weighted by molar-refractivity contribution is 1.18. The van der Waals surface area contributed by atoms with Crippen molar-refractivity contribution in [3.05, 3.63) is 88.6 Å². The van der Waals surface area contributed by atoms with Crippen molar-refractivity contribution < 1.29 is 0 Å². The zero-order valence-electron chi connectivity index (χ0n) is 18.6. The first-order valence-corrected chi connectivity index (χ1v) is 13.8. The van der Waals surface area contributed by atoms with Gasteiger partial charge in [-0.25, -0.2) is 4.98 Å². The minimum absolute atomic E-state index is 1.01. The molecule has 0 fully saturated rings. The van der Waals surface area contributed by atoms with Crippen LogP contribution in [0.2, 0.25) is 0 Å². The molecule has 0 aliphatic rings. The zero-order chi connectivity index (χ0) is 22.4. The molecule has 0 aliphatic heterocycles. The molecule has 6 rings (SSSR count). The summed E-state index contributed by atoms with van der Waals surface area (Å²) in [7, 11) is 0. The molecule has 0 bridgehead atoms. The molecule has 0 N–H and O–H groups in total. The summed E-state index contributed by atoms with van der Waals surface area (Å²) in [6.07, 6.45) is 2.04. The molecule has 4 heteroatoms. The third kappa shape index (κ3) is 3.45. The van der Waals surface area contributed by atoms with Gasteiger partial charge in [-0.2, -0.15) is 0 Å². The highest BCUT2D eigenvalue weighted by molar-refractivity contribution is 7.22. The van der Waals surface area contributed by atoms with Crippen LogP contribution in [0.4, 0.5) is 0 Å². The smallest absolute Gasteiger partial charge is 0.124 e. The number of aromatic nitrogens is 1. The molecule has 33 heavy (non-hydrogen) atoms. The fraction of sp³-hybridized carbons (Fsp3) is 0.138. The highest BCUT2D eigenvalue weighted by atomic mass is 32.1. The Kier molecular flexibility index (Phi) is 5.37. The predicted molar refractivity (Wildman–Crippen MR) is 148 cm³/mol. The SMILES string of the molecule is CCc1sc2ccccc2c1-c1nc(-c2ccccc2)sc1-c1c(CC)sc2ccccc12. The first-order chi connectivity index (χ1) is 16.3. The van der Waals surface area contributed by atoms with E-state index < -0.39 is 0 Å². The van der Waals surface area contributed by atoms with Gasteiger partial charge < -0.3 is 0 Å². The number of thiophene rings is 2. The first-order valence-electron chi connectivity index (χ1n) is 11.4. The van der Waals surface area contributed by atoms with E-state index in [1.807, 2.05) is 34.0 Å². The summed E-state index contributed by atoms with van der Waals surface area (Å²) in [6, 6.07) is 28.2. The zero-order valence-corrected chi connectivity index (χ0v) is 21.0. The van der Waals surface area contributed by atoms with Crippen LogP contribution in [0.1, 0.15) is 23.6 Å². The van der Waals surface area contributed by atoms with Crippen LogP contribution in [0.25, 0.3) is 52.4 Å². The van der Waals surface area contributed by atoms with Gasteiger partial charge in [0.15, 0.2) is 0 Å². The van der Waals surface area contributed by atoms with Crippen molar-refractivity contribution in [2.24, 2.45) is 0 Å². The maximum absolute atomic E-state index is 5.35. The number of hydrogen-bond donors (Lipinski definition) is 0. The molecule has 3 aromatic heterocycles. The number of benzene rings is 3. The van der Waals surface area contributed by atoms with Crippen LogP contribution >= 0.6 is 34.0 Å². The van der Waals surface area contributed by atoms with Crippen LogP contribution in [-0.2, 0) is 12.8 Å². The van der Waals surface area contributed by atoms with E-state index in [0.29, 0.717) is 0 Å². The normalized spacial score (nSPS) is 11.6. The maximum Gasteiger partial charge on any atom is 0.124 e. The molecule has 162 valence electrons. The summed E-state index contributed by atoms with van der Waals surface area (Å²) >= 11 is 5.68. The highest BCUT2D eigenvalue weighted by Gasteiger charge is 2.25. The van der Waals surface area contributed by atoms with Crippen molar-refractivity contribution in [1.29, 1.82) is 0 Å². The minimum atomic E-state index is 1.01. The Morgan fingerprint density at radius 3 is 1.79 bits per heavy atom. The van der Waals surface area contributed by atoms with Gasteiger partial charge in [0.05, 0.1) is 10.6 Å². The van der Waals surface area contributed by atoms with Gasteiger partial charge in [0.25, 0.3) is 0 Å². The Morgan fingerprint density at radius 1 is 0.606 bits per heavy atom. The number of fused-ring (bicyclic) bond motifs is 2. The molecule has 0 amide bonds. The topological polar surface area (TPSA) is 12.9 Å². The fourth-order valence-electron chi connectivity index (χ4n) is 4.56. The summed E-state index contributed by atoms with van der Waals surface area (Å²) in [5, 5.41) is 3.76. The largest absolute Gasteiger partial charge is 0.235 e. The van der Waals surface area contributed by atoms with E-state index in [1.165, 1.54) is 51.5 Å². The van der Waals surface area contributed by atoms with Crippen LogP contribution < -0.4 is 0 Å². The standard InChI is InChI=1S/C29H23NS3/c1-3-21-25(19-14-8-10-16-23(19)31-21)27-28(33-29(30-27)18-12-6-5-7-13-18)26-20-15-9-11-17-24(20)32-22(26)4-2/h5-17H,3-4H2,1-2H3. The molecule has 3 aromatic carbocycles. The van der Waals surface area contributed by atoms with Crippen molar-refractivity contribution in [2.75, 3.05) is 0 Å². The summed E-state index contributed by atoms with van der Waals surface area (Å²) in [4.78, 5) is 9.52. The van der Waals surface area contributed by atoms with Gasteiger partial charge in [-0.05, 0) is 25.0 Å². The molecule has 0 radical (unpaired) electrons. The van der Waals surface area contributed by atoms with Gasteiger partial charge in [0.2, 0.25) is 0 Å². The fourth-order valence-corrected chi connectivity index (χ4v) is 8.09. The van der Waals surface area contributed by atoms with Gasteiger partial charge in [-0.1, -0.05) is 80.6 Å². The molecular formula is C29H23NS3. The Labute approximate surface area is 206 Å². The summed E-state index contributed by atoms with van der Waals surface area (Å²) in [6.45, 7) is 4.53. The molecule has 0 spiro atoms. The van der Waals surface area contributed by atoms with Crippen LogP contribution in [-0.4, -0.2) is 4.98 Å². The second-order valence-corrected chi connectivity index (χ2v) is 11.3. The summed E-state index contributed by atoms with van der Waals surface area (Å²) in [5.41, 5.74) is 5.03. The van der Waals surface area contributed by atoms with E-state index in [0.717, 1.165) is 23.5 Å². The van der Waals surface area contributed by atoms with Gasteiger partial charge in [0, 0.05) is 46.6 Å². The van der Waals surface area contributed by atoms with Crippen LogP contribution in [0, 0.1) is 0 Å². The molecule has 6 aromatic rings. The van der Waals surface area contributed by atoms with E-state index in [-0.39, 0.29) is 0 Å². The van der Waals surface area contributed by atoms with E-state index in [4.69, 9.17) is 4.98 Å². The number of aryl methyl sites for hydroxylation is 2. The Bertz CT molecular complexity index is 1480. The lowest BCUT2D eigenvalue weighted by atomic mass is 10.0. The Hall–Kier alpha value is -2.79. The van der Waals surface area contributed by atoms with Gasteiger partial charge >= 0.3 is 0 Å². The van der Waals surface area contributed by atoms with Gasteiger partial charge in [0.1, 0.15) is 5.01 Å². The van der Waals surface area contributed by atoms with E-state index in [1.54, 1.807) is 0 Å². The van der Waals surface area contributed by atoms with Crippen molar-refractivity contribution in [3.63, 3.8) is 0 Å². The summed E-state index contributed by atoms with van der Waals surface area (Å²) in [5.74, 6) is 0. The number of hydrogen-bond acceptors (Lipinski definition) is 4. The van der Waals surface area contributed by atoms with Crippen molar-refractivity contribution in [3.8, 4) is 32.3 Å². The molecular weight excluding hydrogens is 459 g/mol. The summed E-state index contributed by atoms with van der Waals surface area (Å²) < 4.78 is 2.70. The molecule has 0 saturated carbocycles. The number of nitrogens with zero attached hydrogens (tertiary/aromatic N) is 1. The molecule has 1 nitrogen and oxygen atoms in total. The molecule has 0 unspecified atom stereocenters. The monoisotopic (exact) mass is 481 g/mol. The molecule has 0 atom stereocenters. The molecule has 0 aliphatic carbocycles. The van der Waals surface area contributed by atoms with Gasteiger partial charge in [-0.3, -0.25) is 0 Å². The second kappa shape index (κ2) is 8.53. The van der Waals surface area contributed by atoms with Crippen molar-refractivity contribution in [2.45, 2.75) is 26.7 Å². The predicted octanol–water partition coefficient (Wildman–Crippen LogP) is 9.70. The van der Waals surface area contributed by atoms with Crippen LogP contribution in [0.15, 0.2) is 78.9 Å². The van der Waals surface area contributed by atoms with Crippen LogP contribution in [0.3, 0.4) is 0 Å². The lowest BCUT2D eigenvalue weighted by Crippen LogP contribution is -1.87. The maximum atomic E-state index is 5.35. The average Bonchev–Trinajstić information content (AvgIpc) is 3.56. The average molecular weight is 482 g/mol. The van der Waals surface area contributed by atoms with Crippen molar-refractivity contribution >= 4 is 54.2 Å². The van der Waals surface area contributed by atoms with Crippen LogP contribution in [0.5, 0.6) is 0 Å². The van der Waals surface area contributed by atoms with E-state index in [2.05, 4.69) is 92.7 Å². The third-order valence-electron chi connectivity index (χ3n) is 6.09. The lowest BCUT2D eigenvalue weighted by Gasteiger charge is -2.06. The first kappa shape index (κ1) is 20.8.